The van der Waals surface area contributed by atoms with Crippen molar-refractivity contribution in [3.8, 4) is 0 Å². The van der Waals surface area contributed by atoms with E-state index in [0.717, 1.165) is 0 Å². The largest absolute Gasteiger partial charge is 0.593 e. The molecule has 6 heavy (non-hydrogen) atoms. The van der Waals surface area contributed by atoms with Crippen LogP contribution in [0.5, 0.6) is 0 Å². The number of rotatable bonds is 0. The predicted octanol–water partition coefficient (Wildman–Crippen LogP) is -0.233. The van der Waals surface area contributed by atoms with E-state index in [1.807, 2.05) is 6.08 Å². The Bertz CT molecular complexity index is 65.2. The summed E-state index contributed by atoms with van der Waals surface area (Å²) in [5.41, 5.74) is 0. The lowest BCUT2D eigenvalue weighted by Gasteiger charge is -1.96. The van der Waals surface area contributed by atoms with Crippen LogP contribution >= 0.6 is 0 Å². The Kier molecular flexibility index (Phi) is 1.03. The molecule has 1 rings (SSSR count). The van der Waals surface area contributed by atoms with Gasteiger partial charge in [-0.1, -0.05) is 0 Å². The van der Waals surface area contributed by atoms with E-state index in [9.17, 15) is 4.55 Å². The van der Waals surface area contributed by atoms with Crippen molar-refractivity contribution in [2.45, 2.75) is 0 Å². The third-order valence-corrected chi connectivity index (χ3v) is 1.46. The van der Waals surface area contributed by atoms with E-state index in [1.54, 1.807) is 6.20 Å². The summed E-state index contributed by atoms with van der Waals surface area (Å²) in [6, 6.07) is 0. The first kappa shape index (κ1) is 4.02. The molecular formula is C3H5NOS. The van der Waals surface area contributed by atoms with Crippen molar-refractivity contribution in [1.29, 1.82) is 0 Å². The molecule has 0 aromatic carbocycles. The molecule has 3 heteroatoms. The SMILES string of the molecule is [O-][S+]1CC=CN1. The van der Waals surface area contributed by atoms with E-state index in [-0.39, 0.29) is 0 Å². The van der Waals surface area contributed by atoms with Gasteiger partial charge in [-0.25, -0.2) is 4.72 Å². The van der Waals surface area contributed by atoms with E-state index in [4.69, 9.17) is 0 Å². The van der Waals surface area contributed by atoms with Gasteiger partial charge in [-0.2, -0.15) is 0 Å². The van der Waals surface area contributed by atoms with Crippen LogP contribution in [0.25, 0.3) is 0 Å². The first-order valence-corrected chi connectivity index (χ1v) is 3.01. The molecule has 1 N–H and O–H groups in total. The van der Waals surface area contributed by atoms with E-state index in [2.05, 4.69) is 4.72 Å². The van der Waals surface area contributed by atoms with Crippen LogP contribution in [0, 0.1) is 0 Å². The summed E-state index contributed by atoms with van der Waals surface area (Å²) in [7, 11) is 0. The predicted molar refractivity (Wildman–Crippen MR) is 25.3 cm³/mol. The summed E-state index contributed by atoms with van der Waals surface area (Å²) >= 11 is -0.784. The van der Waals surface area contributed by atoms with Crippen LogP contribution in [0.3, 0.4) is 0 Å². The molecule has 0 amide bonds. The van der Waals surface area contributed by atoms with Crippen LogP contribution < -0.4 is 4.72 Å². The Hall–Kier alpha value is -0.150. The Morgan fingerprint density at radius 3 is 2.83 bits per heavy atom. The van der Waals surface area contributed by atoms with Crippen LogP contribution in [0.15, 0.2) is 12.3 Å². The van der Waals surface area contributed by atoms with Gasteiger partial charge in [-0.3, -0.25) is 0 Å². The van der Waals surface area contributed by atoms with Crippen LogP contribution in [0.4, 0.5) is 0 Å². The third-order valence-electron chi connectivity index (χ3n) is 0.565. The topological polar surface area (TPSA) is 35.1 Å². The van der Waals surface area contributed by atoms with Crippen LogP contribution in [-0.4, -0.2) is 10.3 Å². The van der Waals surface area contributed by atoms with Gasteiger partial charge in [0.1, 0.15) is 0 Å². The van der Waals surface area contributed by atoms with Crippen LogP contribution in [0.1, 0.15) is 0 Å². The molecule has 0 saturated heterocycles. The molecule has 0 aromatic heterocycles. The smallest absolute Gasteiger partial charge is 0.151 e. The average Bonchev–Trinajstić information content (AvgIpc) is 1.86. The van der Waals surface area contributed by atoms with Gasteiger partial charge in [0.15, 0.2) is 5.75 Å². The zero-order valence-corrected chi connectivity index (χ0v) is 3.99. The maximum absolute atomic E-state index is 10.2. The lowest BCUT2D eigenvalue weighted by Crippen LogP contribution is -2.13. The molecule has 1 atom stereocenters. The molecule has 1 aliphatic rings. The van der Waals surface area contributed by atoms with Crippen molar-refractivity contribution in [3.63, 3.8) is 0 Å². The van der Waals surface area contributed by atoms with Gasteiger partial charge in [0.2, 0.25) is 0 Å². The fourth-order valence-corrected chi connectivity index (χ4v) is 0.923. The Labute approximate surface area is 39.6 Å². The molecule has 0 fully saturated rings. The van der Waals surface area contributed by atoms with Gasteiger partial charge >= 0.3 is 0 Å². The summed E-state index contributed by atoms with van der Waals surface area (Å²) in [5.74, 6) is 0.667. The molecular weight excluding hydrogens is 98.1 g/mol. The first-order valence-electron chi connectivity index (χ1n) is 1.69. The zero-order valence-electron chi connectivity index (χ0n) is 3.18. The molecule has 1 aliphatic heterocycles. The summed E-state index contributed by atoms with van der Waals surface area (Å²) < 4.78 is 12.8. The highest BCUT2D eigenvalue weighted by atomic mass is 32.2. The lowest BCUT2D eigenvalue weighted by molar-refractivity contribution is 0.595. The Balaban J connectivity index is 2.32. The van der Waals surface area contributed by atoms with E-state index >= 15 is 0 Å². The van der Waals surface area contributed by atoms with Crippen molar-refractivity contribution in [2.24, 2.45) is 0 Å². The number of hydrogen-bond acceptors (Lipinski definition) is 2. The van der Waals surface area contributed by atoms with Crippen molar-refractivity contribution in [1.82, 2.24) is 4.72 Å². The Morgan fingerprint density at radius 1 is 1.83 bits per heavy atom. The fraction of sp³-hybridized carbons (Fsp3) is 0.333. The Morgan fingerprint density at radius 2 is 2.67 bits per heavy atom. The molecule has 0 bridgehead atoms. The van der Waals surface area contributed by atoms with Crippen molar-refractivity contribution < 1.29 is 4.55 Å². The van der Waals surface area contributed by atoms with Gasteiger partial charge in [0.25, 0.3) is 0 Å². The fourth-order valence-electron chi connectivity index (χ4n) is 0.308. The second kappa shape index (κ2) is 1.53. The normalized spacial score (nSPS) is 30.5. The van der Waals surface area contributed by atoms with Crippen molar-refractivity contribution in [2.75, 3.05) is 5.75 Å². The molecule has 2 nitrogen and oxygen atoms in total. The molecule has 34 valence electrons. The second-order valence-electron chi connectivity index (χ2n) is 1.03. The monoisotopic (exact) mass is 103 g/mol. The zero-order chi connectivity index (χ0) is 4.41. The minimum atomic E-state index is -0.784. The average molecular weight is 103 g/mol. The third kappa shape index (κ3) is 0.666. The van der Waals surface area contributed by atoms with Gasteiger partial charge in [0, 0.05) is 6.20 Å². The molecule has 0 saturated carbocycles. The van der Waals surface area contributed by atoms with E-state index < -0.39 is 11.4 Å². The highest BCUT2D eigenvalue weighted by Gasteiger charge is 2.03. The maximum Gasteiger partial charge on any atom is 0.151 e. The second-order valence-corrected chi connectivity index (χ2v) is 2.29. The van der Waals surface area contributed by atoms with Crippen molar-refractivity contribution in [3.05, 3.63) is 12.3 Å². The van der Waals surface area contributed by atoms with Crippen LogP contribution in [-0.2, 0) is 11.4 Å². The molecule has 1 heterocycles. The molecule has 0 aliphatic carbocycles. The summed E-state index contributed by atoms with van der Waals surface area (Å²) in [5, 5.41) is 0. The minimum absolute atomic E-state index is 0.667. The number of hydrogen-bond donors (Lipinski definition) is 1. The van der Waals surface area contributed by atoms with E-state index in [1.165, 1.54) is 0 Å². The van der Waals surface area contributed by atoms with E-state index in [0.29, 0.717) is 5.75 Å². The van der Waals surface area contributed by atoms with Gasteiger partial charge in [0.05, 0.1) is 11.4 Å². The summed E-state index contributed by atoms with van der Waals surface area (Å²) in [6.45, 7) is 0. The minimum Gasteiger partial charge on any atom is -0.593 e. The van der Waals surface area contributed by atoms with Gasteiger partial charge < -0.3 is 4.55 Å². The lowest BCUT2D eigenvalue weighted by atomic mass is 10.7. The molecule has 1 unspecified atom stereocenters. The summed E-state index contributed by atoms with van der Waals surface area (Å²) in [6.07, 6.45) is 3.55. The highest BCUT2D eigenvalue weighted by molar-refractivity contribution is 7.89. The maximum atomic E-state index is 10.2. The van der Waals surface area contributed by atoms with Gasteiger partial charge in [-0.15, -0.1) is 0 Å². The van der Waals surface area contributed by atoms with Crippen molar-refractivity contribution >= 4 is 11.4 Å². The van der Waals surface area contributed by atoms with Gasteiger partial charge in [-0.05, 0) is 6.08 Å². The molecule has 0 radical (unpaired) electrons. The standard InChI is InChI=1S/C3H5NOS/c5-6-3-1-2-4-6/h1-2,4H,3H2. The quantitative estimate of drug-likeness (QED) is 0.430. The van der Waals surface area contributed by atoms with Crippen LogP contribution in [0.2, 0.25) is 0 Å². The molecule has 0 aromatic rings. The highest BCUT2D eigenvalue weighted by Crippen LogP contribution is 1.91. The summed E-state index contributed by atoms with van der Waals surface area (Å²) in [4.78, 5) is 0. The molecule has 0 spiro atoms. The first-order chi connectivity index (χ1) is 2.89. The number of nitrogens with one attached hydrogen (secondary N) is 1.